The lowest BCUT2D eigenvalue weighted by Gasteiger charge is -1.98. The molecule has 4 nitrogen and oxygen atoms in total. The van der Waals surface area contributed by atoms with Crippen LogP contribution in [-0.2, 0) is 4.79 Å². The Hall–Kier alpha value is -1.33. The van der Waals surface area contributed by atoms with E-state index in [9.17, 15) is 14.9 Å². The zero-order chi connectivity index (χ0) is 13.5. The summed E-state index contributed by atoms with van der Waals surface area (Å²) in [6, 6.07) is 4.34. The minimum Gasteiger partial charge on any atom is -0.288 e. The van der Waals surface area contributed by atoms with Crippen LogP contribution in [0.15, 0.2) is 24.3 Å². The summed E-state index contributed by atoms with van der Waals surface area (Å²) in [5, 5.41) is 11.0. The molecule has 18 heavy (non-hydrogen) atoms. The molecule has 0 saturated heterocycles. The molecule has 0 heterocycles. The van der Waals surface area contributed by atoms with Gasteiger partial charge in [0.25, 0.3) is 5.69 Å². The molecule has 1 aromatic carbocycles. The van der Waals surface area contributed by atoms with E-state index in [0.717, 1.165) is 17.7 Å². The van der Waals surface area contributed by atoms with Gasteiger partial charge in [-0.05, 0) is 18.1 Å². The average molecular weight is 286 g/mol. The molecule has 0 spiro atoms. The van der Waals surface area contributed by atoms with Crippen LogP contribution in [0, 0.1) is 10.1 Å². The molecule has 0 saturated carbocycles. The van der Waals surface area contributed by atoms with Crippen LogP contribution in [0.1, 0.15) is 18.9 Å². The maximum atomic E-state index is 10.7. The monoisotopic (exact) mass is 285 g/mol. The molecule has 1 rings (SSSR count). The van der Waals surface area contributed by atoms with Gasteiger partial charge in [0.1, 0.15) is 0 Å². The summed E-state index contributed by atoms with van der Waals surface area (Å²) in [5.74, 6) is 0.719. The molecule has 6 heteroatoms. The summed E-state index contributed by atoms with van der Waals surface area (Å²) in [7, 11) is 0. The summed E-state index contributed by atoms with van der Waals surface area (Å²) < 4.78 is 0. The van der Waals surface area contributed by atoms with Gasteiger partial charge in [-0.25, -0.2) is 0 Å². The third-order valence-corrected chi connectivity index (χ3v) is 3.26. The number of benzene rings is 1. The molecule has 0 aromatic heterocycles. The van der Waals surface area contributed by atoms with Crippen LogP contribution in [0.4, 0.5) is 5.69 Å². The predicted octanol–water partition coefficient (Wildman–Crippen LogP) is 3.93. The first-order valence-electron chi connectivity index (χ1n) is 5.24. The maximum absolute atomic E-state index is 10.7. The van der Waals surface area contributed by atoms with Crippen molar-refractivity contribution in [1.82, 2.24) is 0 Å². The number of nitrogens with zero attached hydrogens (tertiary/aromatic N) is 1. The van der Waals surface area contributed by atoms with E-state index < -0.39 is 4.92 Å². The number of carbonyl (C=O) groups excluding carboxylic acids is 1. The zero-order valence-electron chi connectivity index (χ0n) is 9.76. The van der Waals surface area contributed by atoms with Crippen LogP contribution in [0.5, 0.6) is 0 Å². The van der Waals surface area contributed by atoms with Crippen molar-refractivity contribution in [2.45, 2.75) is 13.3 Å². The van der Waals surface area contributed by atoms with Gasteiger partial charge in [0, 0.05) is 24.8 Å². The second-order valence-electron chi connectivity index (χ2n) is 3.49. The van der Waals surface area contributed by atoms with Crippen molar-refractivity contribution >= 4 is 40.2 Å². The number of hydrogen-bond donors (Lipinski definition) is 0. The van der Waals surface area contributed by atoms with E-state index in [2.05, 4.69) is 0 Å². The van der Waals surface area contributed by atoms with Crippen LogP contribution >= 0.6 is 23.4 Å². The predicted molar refractivity (Wildman–Crippen MR) is 74.9 cm³/mol. The Balaban J connectivity index is 2.59. The van der Waals surface area contributed by atoms with E-state index in [1.54, 1.807) is 12.1 Å². The van der Waals surface area contributed by atoms with Crippen molar-refractivity contribution in [1.29, 1.82) is 0 Å². The topological polar surface area (TPSA) is 60.2 Å². The molecule has 0 bridgehead atoms. The van der Waals surface area contributed by atoms with Crippen LogP contribution in [0.2, 0.25) is 5.02 Å². The van der Waals surface area contributed by atoms with Crippen molar-refractivity contribution in [2.75, 3.05) is 5.75 Å². The van der Waals surface area contributed by atoms with Crippen LogP contribution < -0.4 is 0 Å². The molecule has 0 radical (unpaired) electrons. The third kappa shape index (κ3) is 4.89. The Kier molecular flexibility index (Phi) is 5.88. The number of non-ortho nitro benzene ring substituents is 1. The Labute approximate surface area is 114 Å². The zero-order valence-corrected chi connectivity index (χ0v) is 11.3. The van der Waals surface area contributed by atoms with E-state index in [4.69, 9.17) is 11.6 Å². The third-order valence-electron chi connectivity index (χ3n) is 2.08. The first kappa shape index (κ1) is 14.7. The Morgan fingerprint density at radius 2 is 2.28 bits per heavy atom. The molecule has 0 N–H and O–H groups in total. The lowest BCUT2D eigenvalue weighted by atomic mass is 10.2. The fourth-order valence-corrected chi connectivity index (χ4v) is 2.02. The summed E-state index contributed by atoms with van der Waals surface area (Å²) in [4.78, 5) is 20.7. The Morgan fingerprint density at radius 3 is 2.83 bits per heavy atom. The largest absolute Gasteiger partial charge is 0.288 e. The van der Waals surface area contributed by atoms with E-state index in [1.807, 2.05) is 6.08 Å². The molecule has 1 aromatic rings. The summed E-state index contributed by atoms with van der Waals surface area (Å²) in [6.45, 7) is 1.53. The number of halogens is 1. The van der Waals surface area contributed by atoms with Gasteiger partial charge in [-0.3, -0.25) is 14.9 Å². The van der Waals surface area contributed by atoms with Crippen molar-refractivity contribution in [2.24, 2.45) is 0 Å². The molecule has 0 unspecified atom stereocenters. The number of thioether (sulfide) groups is 1. The normalized spacial score (nSPS) is 10.8. The summed E-state index contributed by atoms with van der Waals surface area (Å²) >= 11 is 7.19. The van der Waals surface area contributed by atoms with E-state index in [-0.39, 0.29) is 10.8 Å². The van der Waals surface area contributed by atoms with Crippen molar-refractivity contribution < 1.29 is 9.72 Å². The van der Waals surface area contributed by atoms with Crippen LogP contribution in [0.25, 0.3) is 6.08 Å². The molecule has 0 amide bonds. The van der Waals surface area contributed by atoms with E-state index >= 15 is 0 Å². The fourth-order valence-electron chi connectivity index (χ4n) is 1.25. The van der Waals surface area contributed by atoms with Gasteiger partial charge in [0.2, 0.25) is 0 Å². The van der Waals surface area contributed by atoms with Gasteiger partial charge in [0.05, 0.1) is 9.95 Å². The lowest BCUT2D eigenvalue weighted by molar-refractivity contribution is -0.384. The maximum Gasteiger partial charge on any atom is 0.270 e. The standard InChI is InChI=1S/C12H12ClNO3S/c1-9(15)18-7-3-2-4-10-5-6-11(14(16)17)8-12(10)13/h2,4-6,8H,3,7H2,1H3. The highest BCUT2D eigenvalue weighted by Gasteiger charge is 2.07. The number of hydrogen-bond acceptors (Lipinski definition) is 4. The molecule has 0 aliphatic carbocycles. The number of nitro groups is 1. The SMILES string of the molecule is CC(=O)SCCC=Cc1ccc([N+](=O)[O-])cc1Cl. The number of rotatable bonds is 5. The molecular formula is C12H12ClNO3S. The van der Waals surface area contributed by atoms with E-state index in [1.165, 1.54) is 30.8 Å². The van der Waals surface area contributed by atoms with Gasteiger partial charge in [-0.2, -0.15) is 0 Å². The highest BCUT2D eigenvalue weighted by atomic mass is 35.5. The quantitative estimate of drug-likeness (QED) is 0.467. The summed E-state index contributed by atoms with van der Waals surface area (Å²) in [5.41, 5.74) is 0.708. The molecular weight excluding hydrogens is 274 g/mol. The van der Waals surface area contributed by atoms with E-state index in [0.29, 0.717) is 5.02 Å². The fraction of sp³-hybridized carbons (Fsp3) is 0.250. The molecule has 96 valence electrons. The number of nitro benzene ring substituents is 1. The second kappa shape index (κ2) is 7.18. The van der Waals surface area contributed by atoms with Crippen molar-refractivity contribution in [3.63, 3.8) is 0 Å². The van der Waals surface area contributed by atoms with Crippen molar-refractivity contribution in [3.8, 4) is 0 Å². The summed E-state index contributed by atoms with van der Waals surface area (Å²) in [6.07, 6.45) is 4.44. The molecule has 0 atom stereocenters. The Morgan fingerprint density at radius 1 is 1.56 bits per heavy atom. The number of carbonyl (C=O) groups is 1. The second-order valence-corrected chi connectivity index (χ2v) is 5.17. The molecule has 0 aliphatic heterocycles. The molecule has 0 fully saturated rings. The number of allylic oxidation sites excluding steroid dienone is 1. The van der Waals surface area contributed by atoms with Gasteiger partial charge in [-0.1, -0.05) is 35.5 Å². The minimum atomic E-state index is -0.483. The first-order valence-corrected chi connectivity index (χ1v) is 6.61. The highest BCUT2D eigenvalue weighted by molar-refractivity contribution is 8.13. The Bertz CT molecular complexity index is 488. The lowest BCUT2D eigenvalue weighted by Crippen LogP contribution is -1.88. The van der Waals surface area contributed by atoms with Gasteiger partial charge >= 0.3 is 0 Å². The van der Waals surface area contributed by atoms with Gasteiger partial charge in [-0.15, -0.1) is 0 Å². The van der Waals surface area contributed by atoms with Crippen LogP contribution in [0.3, 0.4) is 0 Å². The first-order chi connectivity index (χ1) is 8.50. The van der Waals surface area contributed by atoms with Crippen molar-refractivity contribution in [3.05, 3.63) is 45.0 Å². The van der Waals surface area contributed by atoms with Crippen LogP contribution in [-0.4, -0.2) is 15.8 Å². The smallest absolute Gasteiger partial charge is 0.270 e. The average Bonchev–Trinajstić information content (AvgIpc) is 2.29. The highest BCUT2D eigenvalue weighted by Crippen LogP contribution is 2.23. The van der Waals surface area contributed by atoms with Gasteiger partial charge < -0.3 is 0 Å². The van der Waals surface area contributed by atoms with Gasteiger partial charge in [0.15, 0.2) is 5.12 Å². The molecule has 0 aliphatic rings. The minimum absolute atomic E-state index is 0.0238.